The number of quaternary nitrogens is 1. The highest BCUT2D eigenvalue weighted by Gasteiger charge is 2.23. The number of aliphatic hydroxyl groups excluding tert-OH is 1. The van der Waals surface area contributed by atoms with E-state index in [0.717, 1.165) is 70.6 Å². The first-order valence-electron chi connectivity index (χ1n) is 17.6. The lowest BCUT2D eigenvalue weighted by Crippen LogP contribution is -2.45. The molecule has 0 aromatic heterocycles. The van der Waals surface area contributed by atoms with Crippen molar-refractivity contribution >= 4 is 13.7 Å². The second kappa shape index (κ2) is 29.3. The molecule has 0 radical (unpaired) electrons. The van der Waals surface area contributed by atoms with Gasteiger partial charge in [0.25, 0.3) is 7.82 Å². The van der Waals surface area contributed by atoms with Gasteiger partial charge in [-0.25, -0.2) is 0 Å². The second-order valence-electron chi connectivity index (χ2n) is 12.9. The lowest BCUT2D eigenvalue weighted by atomic mass is 10.1. The molecular formula is C37H67N2O6P. The number of nitrogens with zero attached hydrogens (tertiary/aromatic N) is 1. The molecule has 0 aliphatic heterocycles. The molecule has 3 atom stereocenters. The van der Waals surface area contributed by atoms with Crippen LogP contribution in [-0.2, 0) is 18.4 Å². The summed E-state index contributed by atoms with van der Waals surface area (Å²) in [7, 11) is 1.21. The zero-order valence-corrected chi connectivity index (χ0v) is 30.6. The Balaban J connectivity index is 4.61. The van der Waals surface area contributed by atoms with Gasteiger partial charge in [-0.1, -0.05) is 99.8 Å². The first kappa shape index (κ1) is 44.2. The predicted octanol–water partition coefficient (Wildman–Crippen LogP) is 8.10. The number of carbonyl (C=O) groups is 1. The molecule has 0 fully saturated rings. The summed E-state index contributed by atoms with van der Waals surface area (Å²) in [5, 5.41) is 13.6. The highest BCUT2D eigenvalue weighted by Crippen LogP contribution is 2.38. The highest BCUT2D eigenvalue weighted by atomic mass is 31.2. The van der Waals surface area contributed by atoms with E-state index in [-0.39, 0.29) is 12.5 Å². The van der Waals surface area contributed by atoms with Crippen molar-refractivity contribution < 1.29 is 32.9 Å². The van der Waals surface area contributed by atoms with Gasteiger partial charge in [0.2, 0.25) is 5.91 Å². The molecule has 2 N–H and O–H groups in total. The molecule has 3 unspecified atom stereocenters. The van der Waals surface area contributed by atoms with E-state index in [1.54, 1.807) is 6.08 Å². The number of nitrogens with one attached hydrogen (secondary N) is 1. The monoisotopic (exact) mass is 666 g/mol. The molecular weight excluding hydrogens is 599 g/mol. The Labute approximate surface area is 281 Å². The molecule has 1 amide bonds. The summed E-state index contributed by atoms with van der Waals surface area (Å²) in [4.78, 5) is 25.0. The third-order valence-corrected chi connectivity index (χ3v) is 8.24. The fourth-order valence-electron chi connectivity index (χ4n) is 4.39. The number of phosphoric acid groups is 1. The van der Waals surface area contributed by atoms with Crippen LogP contribution in [0.2, 0.25) is 0 Å². The molecule has 266 valence electrons. The number of aliphatic hydroxyl groups is 1. The summed E-state index contributed by atoms with van der Waals surface area (Å²) in [6.07, 6.45) is 35.7. The molecule has 0 saturated carbocycles. The molecule has 0 heterocycles. The smallest absolute Gasteiger partial charge is 0.268 e. The summed E-state index contributed by atoms with van der Waals surface area (Å²) in [5.41, 5.74) is 0. The molecule has 0 aromatic carbocycles. The lowest BCUT2D eigenvalue weighted by Gasteiger charge is -2.29. The average molecular weight is 667 g/mol. The number of amides is 1. The molecule has 0 aromatic rings. The van der Waals surface area contributed by atoms with Crippen LogP contribution < -0.4 is 10.2 Å². The van der Waals surface area contributed by atoms with Gasteiger partial charge in [0, 0.05) is 6.42 Å². The Morgan fingerprint density at radius 3 is 2.00 bits per heavy atom. The maximum absolute atomic E-state index is 12.7. The van der Waals surface area contributed by atoms with Crippen molar-refractivity contribution in [1.82, 2.24) is 5.32 Å². The van der Waals surface area contributed by atoms with E-state index in [9.17, 15) is 19.4 Å². The van der Waals surface area contributed by atoms with Crippen LogP contribution in [0.15, 0.2) is 60.8 Å². The summed E-state index contributed by atoms with van der Waals surface area (Å²) in [6, 6.07) is -0.914. The number of rotatable bonds is 30. The SMILES string of the molecule is C/C=C/CC/C=C/CC/C=C/C(O)C(COP(=O)([O-])OCC[N+](C)(C)C)NC(=O)CCCCCCC/C=C\C/C=C\CCCCC. The van der Waals surface area contributed by atoms with Gasteiger partial charge in [0.1, 0.15) is 13.2 Å². The summed E-state index contributed by atoms with van der Waals surface area (Å²) < 4.78 is 23.0. The number of likely N-dealkylation sites (N-methyl/N-ethyl adjacent to an activating group) is 1. The minimum atomic E-state index is -4.59. The van der Waals surface area contributed by atoms with Crippen molar-refractivity contribution in [3.8, 4) is 0 Å². The molecule has 0 spiro atoms. The molecule has 46 heavy (non-hydrogen) atoms. The Morgan fingerprint density at radius 2 is 1.37 bits per heavy atom. The summed E-state index contributed by atoms with van der Waals surface area (Å²) >= 11 is 0. The fraction of sp³-hybridized carbons (Fsp3) is 0.703. The molecule has 9 heteroatoms. The zero-order valence-electron chi connectivity index (χ0n) is 29.7. The summed E-state index contributed by atoms with van der Waals surface area (Å²) in [6.45, 7) is 4.29. The van der Waals surface area contributed by atoms with Crippen LogP contribution in [0.5, 0.6) is 0 Å². The number of hydrogen-bond donors (Lipinski definition) is 2. The van der Waals surface area contributed by atoms with Crippen molar-refractivity contribution in [1.29, 1.82) is 0 Å². The maximum atomic E-state index is 12.7. The largest absolute Gasteiger partial charge is 0.756 e. The van der Waals surface area contributed by atoms with Crippen molar-refractivity contribution in [3.63, 3.8) is 0 Å². The second-order valence-corrected chi connectivity index (χ2v) is 14.3. The van der Waals surface area contributed by atoms with Crippen LogP contribution in [0.1, 0.15) is 117 Å². The van der Waals surface area contributed by atoms with Crippen LogP contribution in [0.3, 0.4) is 0 Å². The molecule has 0 aliphatic carbocycles. The molecule has 0 bridgehead atoms. The third-order valence-electron chi connectivity index (χ3n) is 7.27. The maximum Gasteiger partial charge on any atom is 0.268 e. The Morgan fingerprint density at radius 1 is 0.804 bits per heavy atom. The van der Waals surface area contributed by atoms with Gasteiger partial charge < -0.3 is 28.8 Å². The zero-order chi connectivity index (χ0) is 34.4. The Hall–Kier alpha value is -1.80. The minimum Gasteiger partial charge on any atom is -0.756 e. The quantitative estimate of drug-likeness (QED) is 0.0347. The number of phosphoric ester groups is 1. The number of unbranched alkanes of at least 4 members (excludes halogenated alkanes) is 10. The van der Waals surface area contributed by atoms with Crippen LogP contribution in [-0.4, -0.2) is 68.5 Å². The van der Waals surface area contributed by atoms with Crippen molar-refractivity contribution in [2.24, 2.45) is 0 Å². The van der Waals surface area contributed by atoms with Crippen molar-refractivity contribution in [2.75, 3.05) is 40.9 Å². The van der Waals surface area contributed by atoms with E-state index in [1.807, 2.05) is 40.2 Å². The molecule has 0 aliphatic rings. The van der Waals surface area contributed by atoms with Gasteiger partial charge in [-0.15, -0.1) is 0 Å². The normalized spacial score (nSPS) is 15.5. The van der Waals surface area contributed by atoms with E-state index in [1.165, 1.54) is 25.7 Å². The molecule has 8 nitrogen and oxygen atoms in total. The molecule has 0 saturated heterocycles. The first-order chi connectivity index (χ1) is 22.0. The minimum absolute atomic E-state index is 0.0150. The number of allylic oxidation sites excluding steroid dienone is 9. The van der Waals surface area contributed by atoms with Gasteiger partial charge in [0.15, 0.2) is 0 Å². The van der Waals surface area contributed by atoms with Crippen molar-refractivity contribution in [2.45, 2.75) is 129 Å². The highest BCUT2D eigenvalue weighted by molar-refractivity contribution is 7.45. The Bertz CT molecular complexity index is 939. The third kappa shape index (κ3) is 30.8. The topological polar surface area (TPSA) is 108 Å². The van der Waals surface area contributed by atoms with Gasteiger partial charge >= 0.3 is 0 Å². The average Bonchev–Trinajstić information content (AvgIpc) is 2.99. The van der Waals surface area contributed by atoms with E-state index < -0.39 is 26.6 Å². The van der Waals surface area contributed by atoms with Crippen LogP contribution in [0.25, 0.3) is 0 Å². The number of carbonyl (C=O) groups excluding carboxylic acids is 1. The lowest BCUT2D eigenvalue weighted by molar-refractivity contribution is -0.870. The molecule has 0 rings (SSSR count). The van der Waals surface area contributed by atoms with Gasteiger partial charge in [-0.3, -0.25) is 9.36 Å². The van der Waals surface area contributed by atoms with Gasteiger partial charge in [-0.05, 0) is 71.1 Å². The van der Waals surface area contributed by atoms with E-state index in [4.69, 9.17) is 9.05 Å². The van der Waals surface area contributed by atoms with E-state index in [2.05, 4.69) is 54.8 Å². The number of hydrogen-bond acceptors (Lipinski definition) is 6. The van der Waals surface area contributed by atoms with E-state index >= 15 is 0 Å². The summed E-state index contributed by atoms with van der Waals surface area (Å²) in [5.74, 6) is -0.234. The van der Waals surface area contributed by atoms with Crippen LogP contribution >= 0.6 is 7.82 Å². The standard InChI is InChI=1S/C37H67N2O6P/c1-6-8-10-12-14-16-17-18-19-20-21-23-25-27-29-31-37(41)38-35(34-45-46(42,43)44-33-32-39(3,4)5)36(40)30-28-26-24-22-15-13-11-9-7-2/h7,9,14-16,18-19,22,28,30,35-36,40H,6,8,10-13,17,20-21,23-27,29,31-34H2,1-5H3,(H-,38,41,42,43)/b9-7+,16-14-,19-18-,22-15+,30-28+. The van der Waals surface area contributed by atoms with Gasteiger partial charge in [-0.2, -0.15) is 0 Å². The Kier molecular flexibility index (Phi) is 28.2. The van der Waals surface area contributed by atoms with E-state index in [0.29, 0.717) is 17.4 Å². The van der Waals surface area contributed by atoms with Crippen LogP contribution in [0, 0.1) is 0 Å². The first-order valence-corrected chi connectivity index (χ1v) is 19.1. The van der Waals surface area contributed by atoms with Crippen molar-refractivity contribution in [3.05, 3.63) is 60.8 Å². The predicted molar refractivity (Wildman–Crippen MR) is 191 cm³/mol. The van der Waals surface area contributed by atoms with Gasteiger partial charge in [0.05, 0.1) is 39.9 Å². The van der Waals surface area contributed by atoms with Crippen LogP contribution in [0.4, 0.5) is 0 Å². The fourth-order valence-corrected chi connectivity index (χ4v) is 5.12.